The maximum atomic E-state index is 2.27. The minimum Gasteiger partial charge on any atom is -1.00 e. The third-order valence-corrected chi connectivity index (χ3v) is 3.01. The van der Waals surface area contributed by atoms with Gasteiger partial charge in [0, 0.05) is 6.42 Å². The van der Waals surface area contributed by atoms with Gasteiger partial charge in [-0.05, 0) is 24.1 Å². The highest BCUT2D eigenvalue weighted by Gasteiger charge is 2.11. The molecular weight excluding hydrogens is 462 g/mol. The molecule has 0 N–H and O–H groups in total. The van der Waals surface area contributed by atoms with E-state index in [-0.39, 0.29) is 48.0 Å². The van der Waals surface area contributed by atoms with Gasteiger partial charge in [-0.3, -0.25) is 4.48 Å². The number of hydrogen-bond acceptors (Lipinski definition) is 0. The summed E-state index contributed by atoms with van der Waals surface area (Å²) >= 11 is 0. The molecule has 0 aliphatic rings. The van der Waals surface area contributed by atoms with Crippen LogP contribution in [0.15, 0.2) is 24.3 Å². The summed E-state index contributed by atoms with van der Waals surface area (Å²) in [4.78, 5) is 0. The van der Waals surface area contributed by atoms with Gasteiger partial charge in [0.2, 0.25) is 0 Å². The Morgan fingerprint density at radius 3 is 1.63 bits per heavy atom. The molecule has 0 aliphatic heterocycles. The van der Waals surface area contributed by atoms with Gasteiger partial charge in [0.05, 0.1) is 48.8 Å². The van der Waals surface area contributed by atoms with E-state index < -0.39 is 0 Å². The fraction of sp³-hybridized carbons (Fsp3) is 0.600. The zero-order chi connectivity index (χ0) is 13.1. The molecule has 1 rings (SSSR count). The van der Waals surface area contributed by atoms with Crippen LogP contribution in [0.1, 0.15) is 12.0 Å². The number of aryl methyl sites for hydroxylation is 1. The maximum absolute atomic E-state index is 2.27. The Balaban J connectivity index is 0. The van der Waals surface area contributed by atoms with Crippen LogP contribution in [0.5, 0.6) is 0 Å². The fourth-order valence-electron chi connectivity index (χ4n) is 1.87. The van der Waals surface area contributed by atoms with E-state index in [4.69, 9.17) is 0 Å². The van der Waals surface area contributed by atoms with Gasteiger partial charge in [-0.1, -0.05) is 12.1 Å². The van der Waals surface area contributed by atoms with E-state index >= 15 is 0 Å². The minimum atomic E-state index is 0. The quantitative estimate of drug-likeness (QED) is 0.298. The summed E-state index contributed by atoms with van der Waals surface area (Å²) in [6, 6.07) is 9.05. The zero-order valence-corrected chi connectivity index (χ0v) is 17.4. The van der Waals surface area contributed by atoms with Gasteiger partial charge in [0.15, 0.2) is 0 Å². The molecule has 1 aromatic rings. The van der Waals surface area contributed by atoms with Crippen molar-refractivity contribution in [3.8, 4) is 0 Å². The molecule has 0 fully saturated rings. The zero-order valence-electron chi connectivity index (χ0n) is 13.1. The Kier molecular flexibility index (Phi) is 10.1. The lowest BCUT2D eigenvalue weighted by molar-refractivity contribution is -0.870. The Hall–Kier alpha value is 0.600. The molecule has 2 nitrogen and oxygen atoms in total. The number of halogens is 2. The van der Waals surface area contributed by atoms with Crippen molar-refractivity contribution >= 4 is 5.69 Å². The summed E-state index contributed by atoms with van der Waals surface area (Å²) < 4.78 is 1.94. The van der Waals surface area contributed by atoms with Gasteiger partial charge in [-0.2, -0.15) is 0 Å². The van der Waals surface area contributed by atoms with Gasteiger partial charge in [-0.25, -0.2) is 0 Å². The van der Waals surface area contributed by atoms with Gasteiger partial charge in [0.1, 0.15) is 5.69 Å². The summed E-state index contributed by atoms with van der Waals surface area (Å²) in [7, 11) is 13.4. The molecule has 1 aromatic carbocycles. The predicted molar refractivity (Wildman–Crippen MR) is 77.2 cm³/mol. The minimum absolute atomic E-state index is 0. The van der Waals surface area contributed by atoms with Crippen molar-refractivity contribution < 1.29 is 52.4 Å². The molecule has 0 heterocycles. The van der Waals surface area contributed by atoms with Crippen LogP contribution in [-0.2, 0) is 6.42 Å². The molecule has 0 aromatic heterocycles. The van der Waals surface area contributed by atoms with E-state index in [2.05, 4.69) is 66.6 Å². The summed E-state index contributed by atoms with van der Waals surface area (Å²) in [6.07, 6.45) is 2.44. The predicted octanol–water partition coefficient (Wildman–Crippen LogP) is -3.47. The van der Waals surface area contributed by atoms with E-state index in [1.807, 2.05) is 0 Å². The smallest absolute Gasteiger partial charge is 0.132 e. The number of benzene rings is 1. The Morgan fingerprint density at radius 1 is 0.789 bits per heavy atom. The summed E-state index contributed by atoms with van der Waals surface area (Å²) in [6.45, 7) is 1.23. The normalized spacial score (nSPS) is 11.5. The highest BCUT2D eigenvalue weighted by atomic mass is 127. The van der Waals surface area contributed by atoms with Crippen molar-refractivity contribution in [2.45, 2.75) is 12.8 Å². The fourth-order valence-corrected chi connectivity index (χ4v) is 1.87. The second-order valence-corrected chi connectivity index (χ2v) is 6.80. The summed E-state index contributed by atoms with van der Waals surface area (Å²) in [5.41, 5.74) is 2.82. The lowest BCUT2D eigenvalue weighted by Gasteiger charge is -2.24. The lowest BCUT2D eigenvalue weighted by atomic mass is 10.1. The maximum Gasteiger partial charge on any atom is 0.132 e. The SMILES string of the molecule is C[N+](C)(C)CCCc1ccc([N+](C)(C)C)cc1.[I-].[I-]. The van der Waals surface area contributed by atoms with E-state index in [1.165, 1.54) is 30.6 Å². The first-order valence-corrected chi connectivity index (χ1v) is 6.40. The van der Waals surface area contributed by atoms with Gasteiger partial charge in [-0.15, -0.1) is 0 Å². The molecule has 0 radical (unpaired) electrons. The lowest BCUT2D eigenvalue weighted by Crippen LogP contribution is -3.00. The molecule has 0 amide bonds. The average molecular weight is 490 g/mol. The number of hydrogen-bond donors (Lipinski definition) is 0. The molecular formula is C15H28I2N2. The molecule has 0 saturated carbocycles. The molecule has 0 saturated heterocycles. The third kappa shape index (κ3) is 9.20. The first-order chi connectivity index (χ1) is 7.68. The van der Waals surface area contributed by atoms with E-state index in [0.29, 0.717) is 0 Å². The molecule has 19 heavy (non-hydrogen) atoms. The van der Waals surface area contributed by atoms with Gasteiger partial charge in [0.25, 0.3) is 0 Å². The van der Waals surface area contributed by atoms with Crippen molar-refractivity contribution in [1.29, 1.82) is 0 Å². The van der Waals surface area contributed by atoms with Crippen LogP contribution in [0.4, 0.5) is 5.69 Å². The molecule has 4 heteroatoms. The first kappa shape index (κ1) is 21.9. The molecule has 0 aliphatic carbocycles. The number of rotatable bonds is 5. The second-order valence-electron chi connectivity index (χ2n) is 6.80. The average Bonchev–Trinajstić information content (AvgIpc) is 2.15. The van der Waals surface area contributed by atoms with Crippen LogP contribution >= 0.6 is 0 Å². The third-order valence-electron chi connectivity index (χ3n) is 3.01. The largest absolute Gasteiger partial charge is 1.00 e. The first-order valence-electron chi connectivity index (χ1n) is 6.40. The van der Waals surface area contributed by atoms with Crippen LogP contribution in [-0.4, -0.2) is 53.3 Å². The topological polar surface area (TPSA) is 0 Å². The van der Waals surface area contributed by atoms with Crippen molar-refractivity contribution in [1.82, 2.24) is 4.48 Å². The summed E-state index contributed by atoms with van der Waals surface area (Å²) in [5.74, 6) is 0. The molecule has 0 unspecified atom stereocenters. The Labute approximate surface area is 153 Å². The van der Waals surface area contributed by atoms with E-state index in [0.717, 1.165) is 8.97 Å². The number of quaternary nitrogens is 2. The molecule has 0 spiro atoms. The highest BCUT2D eigenvalue weighted by molar-refractivity contribution is 5.42. The second kappa shape index (κ2) is 8.79. The van der Waals surface area contributed by atoms with Crippen molar-refractivity contribution in [3.05, 3.63) is 29.8 Å². The van der Waals surface area contributed by atoms with E-state index in [9.17, 15) is 0 Å². The highest BCUT2D eigenvalue weighted by Crippen LogP contribution is 2.18. The molecule has 0 bridgehead atoms. The Morgan fingerprint density at radius 2 is 1.26 bits per heavy atom. The van der Waals surface area contributed by atoms with Gasteiger partial charge >= 0.3 is 0 Å². The summed E-state index contributed by atoms with van der Waals surface area (Å²) in [5, 5.41) is 0. The van der Waals surface area contributed by atoms with Crippen LogP contribution in [0, 0.1) is 0 Å². The molecule has 0 atom stereocenters. The van der Waals surface area contributed by atoms with Crippen LogP contribution in [0.25, 0.3) is 0 Å². The van der Waals surface area contributed by atoms with Gasteiger partial charge < -0.3 is 52.4 Å². The van der Waals surface area contributed by atoms with Crippen LogP contribution in [0.2, 0.25) is 0 Å². The van der Waals surface area contributed by atoms with Crippen LogP contribution in [0.3, 0.4) is 0 Å². The monoisotopic (exact) mass is 490 g/mol. The number of nitrogens with zero attached hydrogens (tertiary/aromatic N) is 2. The van der Waals surface area contributed by atoms with E-state index in [1.54, 1.807) is 0 Å². The van der Waals surface area contributed by atoms with Crippen molar-refractivity contribution in [2.75, 3.05) is 48.8 Å². The van der Waals surface area contributed by atoms with Crippen molar-refractivity contribution in [2.24, 2.45) is 0 Å². The molecule has 112 valence electrons. The van der Waals surface area contributed by atoms with Crippen LogP contribution < -0.4 is 52.4 Å². The van der Waals surface area contributed by atoms with Crippen molar-refractivity contribution in [3.63, 3.8) is 0 Å². The Bertz CT molecular complexity index is 348. The standard InChI is InChI=1S/C15H28N2.2HI/c1-16(2,3)13-7-8-14-9-11-15(12-10-14)17(4,5)6;;/h9-12H,7-8,13H2,1-6H3;2*1H/q+2;;/p-2.